The van der Waals surface area contributed by atoms with Crippen molar-refractivity contribution in [3.05, 3.63) is 65.5 Å². The number of hydrogen-bond acceptors (Lipinski definition) is 7. The first-order valence-electron chi connectivity index (χ1n) is 10.9. The normalized spacial score (nSPS) is 11.8. The lowest BCUT2D eigenvalue weighted by Gasteiger charge is -2.19. The SMILES string of the molecule is COc1ccc(-c2noc(CCC(=O)NC(CC(=O)OC(C)C)c3ccc(C)cc3)n2)cc1. The number of ether oxygens (including phenoxy) is 2. The Morgan fingerprint density at radius 2 is 1.76 bits per heavy atom. The van der Waals surface area contributed by atoms with Gasteiger partial charge in [0.25, 0.3) is 0 Å². The van der Waals surface area contributed by atoms with Crippen LogP contribution in [0.25, 0.3) is 11.4 Å². The fraction of sp³-hybridized carbons (Fsp3) is 0.360. The Balaban J connectivity index is 1.61. The van der Waals surface area contributed by atoms with Gasteiger partial charge in [-0.3, -0.25) is 9.59 Å². The molecule has 0 fully saturated rings. The number of nitrogens with one attached hydrogen (secondary N) is 1. The molecule has 0 spiro atoms. The molecule has 0 bridgehead atoms. The molecule has 33 heavy (non-hydrogen) atoms. The summed E-state index contributed by atoms with van der Waals surface area (Å²) in [6.07, 6.45) is 0.261. The Hall–Kier alpha value is -3.68. The zero-order chi connectivity index (χ0) is 23.8. The van der Waals surface area contributed by atoms with Gasteiger partial charge in [-0.05, 0) is 50.6 Å². The van der Waals surface area contributed by atoms with E-state index in [9.17, 15) is 9.59 Å². The highest BCUT2D eigenvalue weighted by atomic mass is 16.5. The largest absolute Gasteiger partial charge is 0.497 e. The number of nitrogens with zero attached hydrogens (tertiary/aromatic N) is 2. The summed E-state index contributed by atoms with van der Waals surface area (Å²) in [5, 5.41) is 6.92. The third-order valence-corrected chi connectivity index (χ3v) is 4.94. The van der Waals surface area contributed by atoms with Crippen LogP contribution in [0.15, 0.2) is 53.1 Å². The third-order valence-electron chi connectivity index (χ3n) is 4.94. The van der Waals surface area contributed by atoms with Gasteiger partial charge in [0.05, 0.1) is 25.7 Å². The van der Waals surface area contributed by atoms with E-state index in [-0.39, 0.29) is 37.2 Å². The lowest BCUT2D eigenvalue weighted by Crippen LogP contribution is -2.31. The molecule has 0 radical (unpaired) electrons. The van der Waals surface area contributed by atoms with E-state index in [1.54, 1.807) is 21.0 Å². The fourth-order valence-electron chi connectivity index (χ4n) is 3.23. The van der Waals surface area contributed by atoms with Crippen molar-refractivity contribution in [2.75, 3.05) is 7.11 Å². The minimum atomic E-state index is -0.484. The van der Waals surface area contributed by atoms with Gasteiger partial charge in [0.15, 0.2) is 0 Å². The van der Waals surface area contributed by atoms with E-state index in [0.717, 1.165) is 22.4 Å². The van der Waals surface area contributed by atoms with Gasteiger partial charge in [0, 0.05) is 18.4 Å². The monoisotopic (exact) mass is 451 g/mol. The number of esters is 1. The lowest BCUT2D eigenvalue weighted by atomic mass is 10.0. The van der Waals surface area contributed by atoms with Gasteiger partial charge in [-0.2, -0.15) is 4.98 Å². The molecule has 1 atom stereocenters. The molecule has 3 rings (SSSR count). The molecular weight excluding hydrogens is 422 g/mol. The van der Waals surface area contributed by atoms with E-state index in [2.05, 4.69) is 15.5 Å². The number of rotatable bonds is 10. The maximum Gasteiger partial charge on any atom is 0.308 e. The average molecular weight is 452 g/mol. The third kappa shape index (κ3) is 7.17. The Morgan fingerprint density at radius 1 is 1.06 bits per heavy atom. The van der Waals surface area contributed by atoms with Gasteiger partial charge in [0.1, 0.15) is 5.75 Å². The Bertz CT molecular complexity index is 1060. The van der Waals surface area contributed by atoms with Crippen molar-refractivity contribution in [1.82, 2.24) is 15.5 Å². The highest BCUT2D eigenvalue weighted by Crippen LogP contribution is 2.21. The maximum absolute atomic E-state index is 12.7. The molecule has 1 amide bonds. The number of carbonyl (C=O) groups excluding carboxylic acids is 2. The number of aromatic nitrogens is 2. The van der Waals surface area contributed by atoms with Gasteiger partial charge in [-0.1, -0.05) is 35.0 Å². The summed E-state index contributed by atoms with van der Waals surface area (Å²) >= 11 is 0. The lowest BCUT2D eigenvalue weighted by molar-refractivity contribution is -0.148. The zero-order valence-electron chi connectivity index (χ0n) is 19.3. The van der Waals surface area contributed by atoms with Crippen LogP contribution in [0.5, 0.6) is 5.75 Å². The van der Waals surface area contributed by atoms with E-state index < -0.39 is 6.04 Å². The van der Waals surface area contributed by atoms with Crippen molar-refractivity contribution >= 4 is 11.9 Å². The number of hydrogen-bond donors (Lipinski definition) is 1. The second-order valence-electron chi connectivity index (χ2n) is 8.01. The van der Waals surface area contributed by atoms with Crippen LogP contribution in [0.2, 0.25) is 0 Å². The van der Waals surface area contributed by atoms with Crippen LogP contribution in [0.4, 0.5) is 0 Å². The summed E-state index contributed by atoms with van der Waals surface area (Å²) in [6.45, 7) is 5.57. The number of benzene rings is 2. The van der Waals surface area contributed by atoms with Crippen molar-refractivity contribution in [1.29, 1.82) is 0 Å². The molecule has 0 saturated carbocycles. The first kappa shape index (κ1) is 24.0. The van der Waals surface area contributed by atoms with Gasteiger partial charge in [-0.25, -0.2) is 0 Å². The van der Waals surface area contributed by atoms with Gasteiger partial charge in [-0.15, -0.1) is 0 Å². The minimum Gasteiger partial charge on any atom is -0.497 e. The first-order chi connectivity index (χ1) is 15.8. The predicted molar refractivity (Wildman–Crippen MR) is 123 cm³/mol. The van der Waals surface area contributed by atoms with Gasteiger partial charge >= 0.3 is 5.97 Å². The standard InChI is InChI=1S/C25H29N3O5/c1-16(2)32-24(30)15-21(18-7-5-17(3)6-8-18)26-22(29)13-14-23-27-25(28-33-23)19-9-11-20(31-4)12-10-19/h5-12,16,21H,13-15H2,1-4H3,(H,26,29). The Kier molecular flexibility index (Phi) is 8.18. The van der Waals surface area contributed by atoms with E-state index in [1.807, 2.05) is 55.5 Å². The fourth-order valence-corrected chi connectivity index (χ4v) is 3.23. The summed E-state index contributed by atoms with van der Waals surface area (Å²) < 4.78 is 15.7. The second-order valence-corrected chi connectivity index (χ2v) is 8.01. The molecule has 1 N–H and O–H groups in total. The van der Waals surface area contributed by atoms with Crippen LogP contribution in [0, 0.1) is 6.92 Å². The van der Waals surface area contributed by atoms with E-state index in [4.69, 9.17) is 14.0 Å². The predicted octanol–water partition coefficient (Wildman–Crippen LogP) is 4.19. The molecule has 8 heteroatoms. The molecule has 1 unspecified atom stereocenters. The van der Waals surface area contributed by atoms with Crippen LogP contribution in [0.3, 0.4) is 0 Å². The highest BCUT2D eigenvalue weighted by molar-refractivity contribution is 5.78. The molecule has 174 valence electrons. The molecule has 8 nitrogen and oxygen atoms in total. The quantitative estimate of drug-likeness (QED) is 0.461. The van der Waals surface area contributed by atoms with Crippen LogP contribution in [-0.2, 0) is 20.7 Å². The van der Waals surface area contributed by atoms with Gasteiger partial charge < -0.3 is 19.3 Å². The van der Waals surface area contributed by atoms with Crippen molar-refractivity contribution in [3.63, 3.8) is 0 Å². The number of methoxy groups -OCH3 is 1. The van der Waals surface area contributed by atoms with Crippen LogP contribution in [0.1, 0.15) is 49.7 Å². The van der Waals surface area contributed by atoms with Crippen molar-refractivity contribution < 1.29 is 23.6 Å². The molecular formula is C25H29N3O5. The van der Waals surface area contributed by atoms with Crippen molar-refractivity contribution in [2.24, 2.45) is 0 Å². The molecule has 0 aliphatic heterocycles. The van der Waals surface area contributed by atoms with E-state index in [0.29, 0.717) is 11.7 Å². The second kappa shape index (κ2) is 11.3. The van der Waals surface area contributed by atoms with Crippen LogP contribution in [-0.4, -0.2) is 35.2 Å². The minimum absolute atomic E-state index is 0.0508. The van der Waals surface area contributed by atoms with Crippen LogP contribution >= 0.6 is 0 Å². The number of carbonyl (C=O) groups is 2. The first-order valence-corrected chi connectivity index (χ1v) is 10.9. The molecule has 1 heterocycles. The Labute approximate surface area is 193 Å². The molecule has 2 aromatic carbocycles. The van der Waals surface area contributed by atoms with Gasteiger partial charge in [0.2, 0.25) is 17.6 Å². The summed E-state index contributed by atoms with van der Waals surface area (Å²) in [4.78, 5) is 29.2. The smallest absolute Gasteiger partial charge is 0.308 e. The molecule has 1 aromatic heterocycles. The van der Waals surface area contributed by atoms with E-state index in [1.165, 1.54) is 0 Å². The topological polar surface area (TPSA) is 104 Å². The molecule has 3 aromatic rings. The maximum atomic E-state index is 12.7. The highest BCUT2D eigenvalue weighted by Gasteiger charge is 2.21. The van der Waals surface area contributed by atoms with Crippen molar-refractivity contribution in [3.8, 4) is 17.1 Å². The summed E-state index contributed by atoms with van der Waals surface area (Å²) in [6, 6.07) is 14.5. The van der Waals surface area contributed by atoms with Crippen LogP contribution < -0.4 is 10.1 Å². The number of aryl methyl sites for hydroxylation is 2. The Morgan fingerprint density at radius 3 is 2.39 bits per heavy atom. The number of amides is 1. The molecule has 0 aliphatic rings. The average Bonchev–Trinajstić information content (AvgIpc) is 3.26. The summed E-state index contributed by atoms with van der Waals surface area (Å²) in [5.74, 6) is 0.961. The van der Waals surface area contributed by atoms with E-state index >= 15 is 0 Å². The molecule has 0 aliphatic carbocycles. The zero-order valence-corrected chi connectivity index (χ0v) is 19.3. The molecule has 0 saturated heterocycles. The summed E-state index contributed by atoms with van der Waals surface area (Å²) in [5.41, 5.74) is 2.73. The van der Waals surface area contributed by atoms with Crippen molar-refractivity contribution in [2.45, 2.75) is 52.2 Å². The summed E-state index contributed by atoms with van der Waals surface area (Å²) in [7, 11) is 1.60.